The predicted octanol–water partition coefficient (Wildman–Crippen LogP) is 0.242. The summed E-state index contributed by atoms with van der Waals surface area (Å²) in [6.07, 6.45) is 3.84. The smallest absolute Gasteiger partial charge is 0.0639 e. The van der Waals surface area contributed by atoms with Gasteiger partial charge in [0.1, 0.15) is 0 Å². The molecule has 1 rings (SSSR count). The first-order valence-corrected chi connectivity index (χ1v) is 4.97. The van der Waals surface area contributed by atoms with Gasteiger partial charge in [0.2, 0.25) is 0 Å². The first-order valence-electron chi connectivity index (χ1n) is 4.97. The van der Waals surface area contributed by atoms with Crippen molar-refractivity contribution in [2.75, 3.05) is 20.6 Å². The molecular formula is C10H20N4. The van der Waals surface area contributed by atoms with Crippen molar-refractivity contribution in [3.05, 3.63) is 18.0 Å². The molecule has 0 saturated carbocycles. The van der Waals surface area contributed by atoms with Crippen LogP contribution in [0, 0.1) is 0 Å². The first kappa shape index (κ1) is 11.2. The Morgan fingerprint density at radius 2 is 2.29 bits per heavy atom. The van der Waals surface area contributed by atoms with E-state index in [0.717, 1.165) is 25.1 Å². The van der Waals surface area contributed by atoms with Gasteiger partial charge in [0.05, 0.1) is 5.69 Å². The van der Waals surface area contributed by atoms with Gasteiger partial charge in [0.15, 0.2) is 0 Å². The Labute approximate surface area is 85.7 Å². The Morgan fingerprint density at radius 3 is 2.79 bits per heavy atom. The van der Waals surface area contributed by atoms with E-state index in [1.807, 2.05) is 24.0 Å². The summed E-state index contributed by atoms with van der Waals surface area (Å²) in [4.78, 5) is 2.15. The Bertz CT molecular complexity index is 267. The van der Waals surface area contributed by atoms with Crippen molar-refractivity contribution in [3.8, 4) is 0 Å². The molecule has 4 nitrogen and oxygen atoms in total. The van der Waals surface area contributed by atoms with E-state index in [9.17, 15) is 0 Å². The Kier molecular flexibility index (Phi) is 4.10. The summed E-state index contributed by atoms with van der Waals surface area (Å²) in [6.45, 7) is 1.04. The van der Waals surface area contributed by atoms with Crippen LogP contribution in [0.1, 0.15) is 12.1 Å². The van der Waals surface area contributed by atoms with E-state index in [1.165, 1.54) is 0 Å². The van der Waals surface area contributed by atoms with Crippen molar-refractivity contribution in [1.82, 2.24) is 14.7 Å². The highest BCUT2D eigenvalue weighted by Crippen LogP contribution is 2.01. The van der Waals surface area contributed by atoms with E-state index < -0.39 is 0 Å². The lowest BCUT2D eigenvalue weighted by atomic mass is 10.1. The molecule has 80 valence electrons. The lowest BCUT2D eigenvalue weighted by molar-refractivity contribution is 0.379. The molecule has 1 heterocycles. The molecule has 4 heteroatoms. The number of aryl methyl sites for hydroxylation is 1. The third-order valence-corrected chi connectivity index (χ3v) is 2.19. The predicted molar refractivity (Wildman–Crippen MR) is 58.1 cm³/mol. The van der Waals surface area contributed by atoms with Crippen LogP contribution >= 0.6 is 0 Å². The zero-order chi connectivity index (χ0) is 10.6. The van der Waals surface area contributed by atoms with E-state index in [-0.39, 0.29) is 6.04 Å². The molecule has 0 aliphatic rings. The van der Waals surface area contributed by atoms with Crippen LogP contribution in [0.2, 0.25) is 0 Å². The molecule has 0 aliphatic carbocycles. The molecule has 14 heavy (non-hydrogen) atoms. The fourth-order valence-electron chi connectivity index (χ4n) is 1.37. The van der Waals surface area contributed by atoms with Crippen molar-refractivity contribution < 1.29 is 0 Å². The Balaban J connectivity index is 2.30. The van der Waals surface area contributed by atoms with Crippen molar-refractivity contribution in [1.29, 1.82) is 0 Å². The molecule has 2 N–H and O–H groups in total. The first-order chi connectivity index (χ1) is 6.58. The molecule has 1 atom stereocenters. The topological polar surface area (TPSA) is 47.1 Å². The molecule has 0 radical (unpaired) electrons. The third-order valence-electron chi connectivity index (χ3n) is 2.19. The Hall–Kier alpha value is -0.870. The van der Waals surface area contributed by atoms with E-state index >= 15 is 0 Å². The number of nitrogens with two attached hydrogens (primary N) is 1. The SMILES string of the molecule is CN(C)CCC(N)Cc1ccn(C)n1. The molecule has 0 bridgehead atoms. The van der Waals surface area contributed by atoms with Gasteiger partial charge in [0, 0.05) is 25.7 Å². The Morgan fingerprint density at radius 1 is 1.57 bits per heavy atom. The second-order valence-electron chi connectivity index (χ2n) is 4.04. The monoisotopic (exact) mass is 196 g/mol. The normalized spacial score (nSPS) is 13.5. The van der Waals surface area contributed by atoms with E-state index in [2.05, 4.69) is 24.1 Å². The molecule has 0 aliphatic heterocycles. The fourth-order valence-corrected chi connectivity index (χ4v) is 1.37. The van der Waals surface area contributed by atoms with Gasteiger partial charge in [0.25, 0.3) is 0 Å². The summed E-state index contributed by atoms with van der Waals surface area (Å²) in [5.74, 6) is 0. The van der Waals surface area contributed by atoms with Crippen LogP contribution in [0.4, 0.5) is 0 Å². The van der Waals surface area contributed by atoms with Gasteiger partial charge < -0.3 is 10.6 Å². The van der Waals surface area contributed by atoms with Crippen LogP contribution < -0.4 is 5.73 Å². The molecule has 1 unspecified atom stereocenters. The van der Waals surface area contributed by atoms with Crippen LogP contribution in [0.3, 0.4) is 0 Å². The molecule has 0 saturated heterocycles. The second-order valence-corrected chi connectivity index (χ2v) is 4.04. The van der Waals surface area contributed by atoms with Gasteiger partial charge in [-0.15, -0.1) is 0 Å². The standard InChI is InChI=1S/C10H20N4/c1-13(2)6-4-9(11)8-10-5-7-14(3)12-10/h5,7,9H,4,6,8,11H2,1-3H3. The summed E-state index contributed by atoms with van der Waals surface area (Å²) in [6, 6.07) is 2.24. The molecule has 1 aromatic rings. The number of hydrogen-bond acceptors (Lipinski definition) is 3. The minimum Gasteiger partial charge on any atom is -0.327 e. The molecule has 0 spiro atoms. The highest BCUT2D eigenvalue weighted by atomic mass is 15.2. The third kappa shape index (κ3) is 3.89. The lowest BCUT2D eigenvalue weighted by Crippen LogP contribution is -2.28. The van der Waals surface area contributed by atoms with Crippen LogP contribution in [0.25, 0.3) is 0 Å². The van der Waals surface area contributed by atoms with Crippen molar-refractivity contribution in [3.63, 3.8) is 0 Å². The second kappa shape index (κ2) is 5.12. The van der Waals surface area contributed by atoms with Gasteiger partial charge in [-0.25, -0.2) is 0 Å². The average Bonchev–Trinajstić information content (AvgIpc) is 2.48. The number of aromatic nitrogens is 2. The van der Waals surface area contributed by atoms with E-state index in [4.69, 9.17) is 5.73 Å². The zero-order valence-corrected chi connectivity index (χ0v) is 9.27. The van der Waals surface area contributed by atoms with Gasteiger partial charge in [-0.1, -0.05) is 0 Å². The van der Waals surface area contributed by atoms with E-state index in [0.29, 0.717) is 0 Å². The number of nitrogens with zero attached hydrogens (tertiary/aromatic N) is 3. The highest BCUT2D eigenvalue weighted by molar-refractivity contribution is 5.00. The summed E-state index contributed by atoms with van der Waals surface area (Å²) >= 11 is 0. The number of hydrogen-bond donors (Lipinski definition) is 1. The average molecular weight is 196 g/mol. The van der Waals surface area contributed by atoms with Gasteiger partial charge in [-0.3, -0.25) is 4.68 Å². The number of rotatable bonds is 5. The van der Waals surface area contributed by atoms with Crippen LogP contribution in [-0.4, -0.2) is 41.4 Å². The lowest BCUT2D eigenvalue weighted by Gasteiger charge is -2.13. The molecule has 0 fully saturated rings. The maximum atomic E-state index is 5.99. The quantitative estimate of drug-likeness (QED) is 0.734. The summed E-state index contributed by atoms with van der Waals surface area (Å²) < 4.78 is 1.81. The maximum Gasteiger partial charge on any atom is 0.0639 e. The molecular weight excluding hydrogens is 176 g/mol. The van der Waals surface area contributed by atoms with Crippen molar-refractivity contribution in [2.24, 2.45) is 12.8 Å². The largest absolute Gasteiger partial charge is 0.327 e. The van der Waals surface area contributed by atoms with Crippen molar-refractivity contribution >= 4 is 0 Å². The van der Waals surface area contributed by atoms with Crippen LogP contribution in [0.15, 0.2) is 12.3 Å². The van der Waals surface area contributed by atoms with Gasteiger partial charge >= 0.3 is 0 Å². The summed E-state index contributed by atoms with van der Waals surface area (Å²) in [5.41, 5.74) is 7.07. The van der Waals surface area contributed by atoms with Crippen LogP contribution in [-0.2, 0) is 13.5 Å². The minimum absolute atomic E-state index is 0.215. The van der Waals surface area contributed by atoms with Gasteiger partial charge in [-0.05, 0) is 33.1 Å². The molecule has 0 aromatic carbocycles. The highest BCUT2D eigenvalue weighted by Gasteiger charge is 2.06. The maximum absolute atomic E-state index is 5.99. The molecule has 0 amide bonds. The summed E-state index contributed by atoms with van der Waals surface area (Å²) in [5, 5.41) is 4.30. The minimum atomic E-state index is 0.215. The summed E-state index contributed by atoms with van der Waals surface area (Å²) in [7, 11) is 6.05. The molecule has 1 aromatic heterocycles. The van der Waals surface area contributed by atoms with E-state index in [1.54, 1.807) is 0 Å². The van der Waals surface area contributed by atoms with Gasteiger partial charge in [-0.2, -0.15) is 5.10 Å². The van der Waals surface area contributed by atoms with Crippen molar-refractivity contribution in [2.45, 2.75) is 18.9 Å². The fraction of sp³-hybridized carbons (Fsp3) is 0.700. The van der Waals surface area contributed by atoms with Crippen LogP contribution in [0.5, 0.6) is 0 Å². The zero-order valence-electron chi connectivity index (χ0n) is 9.27.